The summed E-state index contributed by atoms with van der Waals surface area (Å²) in [5.74, 6) is 0. The van der Waals surface area contributed by atoms with Crippen molar-refractivity contribution in [2.45, 2.75) is 6.42 Å². The predicted octanol–water partition coefficient (Wildman–Crippen LogP) is 0.362. The van der Waals surface area contributed by atoms with Crippen LogP contribution in [0.1, 0.15) is 12.0 Å². The first-order chi connectivity index (χ1) is 5.92. The lowest BCUT2D eigenvalue weighted by atomic mass is 10.1. The van der Waals surface area contributed by atoms with Crippen molar-refractivity contribution in [1.82, 2.24) is 0 Å². The van der Waals surface area contributed by atoms with Gasteiger partial charge in [-0.15, -0.1) is 0 Å². The molecule has 2 heteroatoms. The number of para-hydroxylation sites is 1. The molecule has 2 rings (SSSR count). The van der Waals surface area contributed by atoms with Gasteiger partial charge in [0.05, 0.1) is 10.9 Å². The van der Waals surface area contributed by atoms with E-state index in [-0.39, 0.29) is 0 Å². The summed E-state index contributed by atoms with van der Waals surface area (Å²) >= 11 is 0. The Morgan fingerprint density at radius 1 is 1.42 bits per heavy atom. The van der Waals surface area contributed by atoms with Crippen LogP contribution in [0.3, 0.4) is 0 Å². The summed E-state index contributed by atoms with van der Waals surface area (Å²) in [7, 11) is 0. The molecule has 12 heavy (non-hydrogen) atoms. The zero-order valence-corrected chi connectivity index (χ0v) is 6.62. The summed E-state index contributed by atoms with van der Waals surface area (Å²) in [5.41, 5.74) is 0.684. The van der Waals surface area contributed by atoms with Crippen molar-refractivity contribution in [1.29, 1.82) is 5.26 Å². The molecule has 0 amide bonds. The van der Waals surface area contributed by atoms with E-state index in [0.29, 0.717) is 5.56 Å². The molecule has 0 saturated carbocycles. The Labute approximate surface area is 70.5 Å². The van der Waals surface area contributed by atoms with E-state index in [1.54, 1.807) is 0 Å². The first kappa shape index (κ1) is 7.05. The number of hydrogen-bond acceptors (Lipinski definition) is 2. The molecular weight excluding hydrogens is 148 g/mol. The van der Waals surface area contributed by atoms with Crippen molar-refractivity contribution in [3.63, 3.8) is 0 Å². The minimum absolute atomic E-state index is 0.684. The van der Waals surface area contributed by atoms with Crippen molar-refractivity contribution >= 4 is 6.08 Å². The monoisotopic (exact) mass is 156 g/mol. The molecule has 58 valence electrons. The molecule has 1 aliphatic rings. The molecule has 0 saturated heterocycles. The molecule has 0 atom stereocenters. The van der Waals surface area contributed by atoms with Gasteiger partial charge in [-0.1, -0.05) is 18.2 Å². The largest absolute Gasteiger partial charge is 0.283 e. The Kier molecular flexibility index (Phi) is 1.64. The van der Waals surface area contributed by atoms with E-state index in [1.807, 2.05) is 18.2 Å². The highest BCUT2D eigenvalue weighted by atomic mass is 14.7. The maximum atomic E-state index is 8.77. The van der Waals surface area contributed by atoms with Crippen molar-refractivity contribution in [3.05, 3.63) is 34.3 Å². The van der Waals surface area contributed by atoms with E-state index in [0.717, 1.165) is 23.5 Å². The standard InChI is InChI=1S/C10H8N2/c11-7-9-4-1-3-8-5-2-6-12-10(8)9/h1,3-5H,2,6H2. The van der Waals surface area contributed by atoms with Crippen LogP contribution in [0.15, 0.2) is 23.2 Å². The summed E-state index contributed by atoms with van der Waals surface area (Å²) in [6.07, 6.45) is 3.12. The molecule has 1 heterocycles. The van der Waals surface area contributed by atoms with Gasteiger partial charge in [0.2, 0.25) is 0 Å². The highest BCUT2D eigenvalue weighted by Crippen LogP contribution is 1.90. The van der Waals surface area contributed by atoms with E-state index < -0.39 is 0 Å². The highest BCUT2D eigenvalue weighted by Gasteiger charge is 1.98. The Morgan fingerprint density at radius 3 is 3.17 bits per heavy atom. The second-order valence-electron chi connectivity index (χ2n) is 2.73. The molecule has 1 aromatic rings. The molecule has 0 spiro atoms. The van der Waals surface area contributed by atoms with Gasteiger partial charge in [0.25, 0.3) is 0 Å². The van der Waals surface area contributed by atoms with E-state index in [1.165, 1.54) is 0 Å². The Hall–Kier alpha value is -1.62. The molecule has 2 nitrogen and oxygen atoms in total. The minimum Gasteiger partial charge on any atom is -0.283 e. The normalized spacial score (nSPS) is 13.6. The maximum Gasteiger partial charge on any atom is 0.101 e. The van der Waals surface area contributed by atoms with Gasteiger partial charge in [-0.05, 0) is 17.7 Å². The fraction of sp³-hybridized carbons (Fsp3) is 0.200. The van der Waals surface area contributed by atoms with Gasteiger partial charge in [0.1, 0.15) is 6.07 Å². The lowest BCUT2D eigenvalue weighted by Crippen LogP contribution is -2.30. The predicted molar refractivity (Wildman–Crippen MR) is 45.9 cm³/mol. The van der Waals surface area contributed by atoms with Gasteiger partial charge in [-0.2, -0.15) is 5.26 Å². The second kappa shape index (κ2) is 2.78. The summed E-state index contributed by atoms with van der Waals surface area (Å²) in [6, 6.07) is 7.84. The van der Waals surface area contributed by atoms with Crippen LogP contribution in [0.2, 0.25) is 0 Å². The molecule has 0 bridgehead atoms. The van der Waals surface area contributed by atoms with Gasteiger partial charge in [-0.3, -0.25) is 4.99 Å². The van der Waals surface area contributed by atoms with Crippen molar-refractivity contribution in [2.75, 3.05) is 6.54 Å². The van der Waals surface area contributed by atoms with Crippen LogP contribution in [0.25, 0.3) is 6.08 Å². The van der Waals surface area contributed by atoms with E-state index >= 15 is 0 Å². The van der Waals surface area contributed by atoms with Gasteiger partial charge in [0, 0.05) is 6.54 Å². The van der Waals surface area contributed by atoms with Crippen LogP contribution >= 0.6 is 0 Å². The lowest BCUT2D eigenvalue weighted by molar-refractivity contribution is 0.956. The number of nitriles is 1. The summed E-state index contributed by atoms with van der Waals surface area (Å²) < 4.78 is 0. The molecule has 0 aromatic heterocycles. The Morgan fingerprint density at radius 2 is 2.33 bits per heavy atom. The molecular formula is C10H8N2. The van der Waals surface area contributed by atoms with E-state index in [2.05, 4.69) is 17.1 Å². The van der Waals surface area contributed by atoms with Crippen LogP contribution in [0.4, 0.5) is 0 Å². The third kappa shape index (κ3) is 0.998. The third-order valence-corrected chi connectivity index (χ3v) is 1.95. The molecule has 1 aliphatic heterocycles. The van der Waals surface area contributed by atoms with Crippen LogP contribution in [-0.4, -0.2) is 6.54 Å². The molecule has 0 radical (unpaired) electrons. The van der Waals surface area contributed by atoms with Crippen molar-refractivity contribution in [3.8, 4) is 6.07 Å². The quantitative estimate of drug-likeness (QED) is 0.534. The van der Waals surface area contributed by atoms with Crippen LogP contribution in [0.5, 0.6) is 0 Å². The smallest absolute Gasteiger partial charge is 0.101 e. The Balaban J connectivity index is 2.88. The summed E-state index contributed by atoms with van der Waals surface area (Å²) in [6.45, 7) is 0.811. The van der Waals surface area contributed by atoms with Crippen molar-refractivity contribution in [2.24, 2.45) is 4.99 Å². The topological polar surface area (TPSA) is 36.1 Å². The number of benzene rings is 1. The first-order valence-corrected chi connectivity index (χ1v) is 3.95. The molecule has 0 aliphatic carbocycles. The first-order valence-electron chi connectivity index (χ1n) is 3.95. The highest BCUT2D eigenvalue weighted by molar-refractivity contribution is 5.34. The third-order valence-electron chi connectivity index (χ3n) is 1.95. The fourth-order valence-corrected chi connectivity index (χ4v) is 1.39. The minimum atomic E-state index is 0.684. The number of rotatable bonds is 0. The average molecular weight is 156 g/mol. The molecule has 0 unspecified atom stereocenters. The van der Waals surface area contributed by atoms with Gasteiger partial charge < -0.3 is 0 Å². The van der Waals surface area contributed by atoms with Gasteiger partial charge in [-0.25, -0.2) is 0 Å². The number of nitrogens with zero attached hydrogens (tertiary/aromatic N) is 2. The maximum absolute atomic E-state index is 8.77. The molecule has 0 fully saturated rings. The second-order valence-corrected chi connectivity index (χ2v) is 2.73. The zero-order chi connectivity index (χ0) is 8.39. The summed E-state index contributed by atoms with van der Waals surface area (Å²) in [5, 5.41) is 10.7. The average Bonchev–Trinajstić information content (AvgIpc) is 2.17. The lowest BCUT2D eigenvalue weighted by Gasteiger charge is -1.99. The van der Waals surface area contributed by atoms with E-state index in [4.69, 9.17) is 5.26 Å². The van der Waals surface area contributed by atoms with Gasteiger partial charge in [0.15, 0.2) is 0 Å². The Bertz CT molecular complexity index is 452. The zero-order valence-electron chi connectivity index (χ0n) is 6.62. The summed E-state index contributed by atoms with van der Waals surface area (Å²) in [4.78, 5) is 4.31. The number of fused-ring (bicyclic) bond motifs is 1. The van der Waals surface area contributed by atoms with Crippen LogP contribution < -0.4 is 10.6 Å². The number of hydrogen-bond donors (Lipinski definition) is 0. The SMILES string of the molecule is N#Cc1cccc2c1=NCCC=2. The van der Waals surface area contributed by atoms with Crippen molar-refractivity contribution < 1.29 is 0 Å². The van der Waals surface area contributed by atoms with Crippen LogP contribution in [-0.2, 0) is 0 Å². The van der Waals surface area contributed by atoms with E-state index in [9.17, 15) is 0 Å². The van der Waals surface area contributed by atoms with Crippen LogP contribution in [0, 0.1) is 11.3 Å². The molecule has 0 N–H and O–H groups in total. The van der Waals surface area contributed by atoms with Gasteiger partial charge >= 0.3 is 0 Å². The fourth-order valence-electron chi connectivity index (χ4n) is 1.39. The molecule has 1 aromatic carbocycles.